The predicted molar refractivity (Wildman–Crippen MR) is 167 cm³/mol. The molecule has 17 nitrogen and oxygen atoms in total. The molecule has 4 rings (SSSR count). The van der Waals surface area contributed by atoms with Gasteiger partial charge >= 0.3 is 11.9 Å². The van der Waals surface area contributed by atoms with Crippen molar-refractivity contribution >= 4 is 18.0 Å². The molecular formula is C33H42O17. The van der Waals surface area contributed by atoms with Crippen LogP contribution in [0.2, 0.25) is 0 Å². The lowest BCUT2D eigenvalue weighted by Gasteiger charge is -2.43. The van der Waals surface area contributed by atoms with Crippen molar-refractivity contribution < 1.29 is 84.0 Å². The third-order valence-corrected chi connectivity index (χ3v) is 8.06. The second-order valence-electron chi connectivity index (χ2n) is 12.2. The quantitative estimate of drug-likeness (QED) is 0.0791. The molecule has 17 heteroatoms. The van der Waals surface area contributed by atoms with Crippen LogP contribution in [0.25, 0.3) is 6.08 Å². The number of aromatic hydroxyl groups is 1. The minimum Gasteiger partial charge on any atom is -0.508 e. The van der Waals surface area contributed by atoms with E-state index in [0.717, 1.165) is 6.08 Å². The molecule has 11 unspecified atom stereocenters. The van der Waals surface area contributed by atoms with Crippen molar-refractivity contribution in [2.75, 3.05) is 13.2 Å². The average molecular weight is 711 g/mol. The van der Waals surface area contributed by atoms with Crippen molar-refractivity contribution in [3.05, 3.63) is 65.7 Å². The standard InChI is InChI=1S/C33H42O17/c1-33(2,50-32-28(43)26(41)24(39)21(14-35)48-32)29(49-22(37)12-7-16-3-8-18(36)9-4-16)30(44)45-15-17-5-10-19(11-6-17)46-31-27(42)25(40)23(38)20(13-34)47-31/h3-12,20-21,23-29,31-32,34-36,38-43H,13-15H2,1-2H3. The molecule has 0 amide bonds. The Bertz CT molecular complexity index is 1430. The van der Waals surface area contributed by atoms with Gasteiger partial charge in [0, 0.05) is 6.08 Å². The van der Waals surface area contributed by atoms with Gasteiger partial charge < -0.3 is 74.4 Å². The van der Waals surface area contributed by atoms with Crippen molar-refractivity contribution in [3.63, 3.8) is 0 Å². The Morgan fingerprint density at radius 1 is 0.780 bits per heavy atom. The predicted octanol–water partition coefficient (Wildman–Crippen LogP) is -2.17. The summed E-state index contributed by atoms with van der Waals surface area (Å²) in [5.41, 5.74) is -0.866. The van der Waals surface area contributed by atoms with E-state index in [1.165, 1.54) is 68.5 Å². The fraction of sp³-hybridized carbons (Fsp3) is 0.515. The van der Waals surface area contributed by atoms with E-state index in [9.17, 15) is 55.5 Å². The first-order chi connectivity index (χ1) is 23.6. The zero-order chi connectivity index (χ0) is 36.7. The summed E-state index contributed by atoms with van der Waals surface area (Å²) in [7, 11) is 0. The summed E-state index contributed by atoms with van der Waals surface area (Å²) in [5.74, 6) is -1.92. The number of aliphatic hydroxyl groups excluding tert-OH is 8. The van der Waals surface area contributed by atoms with Gasteiger partial charge in [0.2, 0.25) is 12.4 Å². The van der Waals surface area contributed by atoms with E-state index < -0.39 is 98.3 Å². The first-order valence-electron chi connectivity index (χ1n) is 15.5. The highest BCUT2D eigenvalue weighted by atomic mass is 16.7. The third kappa shape index (κ3) is 9.53. The molecule has 0 radical (unpaired) electrons. The van der Waals surface area contributed by atoms with Gasteiger partial charge in [-0.1, -0.05) is 24.3 Å². The van der Waals surface area contributed by atoms with E-state index in [1.807, 2.05) is 0 Å². The zero-order valence-electron chi connectivity index (χ0n) is 27.0. The van der Waals surface area contributed by atoms with Crippen LogP contribution in [0.1, 0.15) is 25.0 Å². The average Bonchev–Trinajstić information content (AvgIpc) is 3.10. The first-order valence-corrected chi connectivity index (χ1v) is 15.5. The Balaban J connectivity index is 1.46. The van der Waals surface area contributed by atoms with Crippen LogP contribution in [0, 0.1) is 0 Å². The largest absolute Gasteiger partial charge is 0.508 e. The first kappa shape index (κ1) is 39.1. The van der Waals surface area contributed by atoms with E-state index >= 15 is 0 Å². The van der Waals surface area contributed by atoms with Crippen LogP contribution >= 0.6 is 0 Å². The van der Waals surface area contributed by atoms with E-state index in [2.05, 4.69) is 0 Å². The maximum atomic E-state index is 13.5. The summed E-state index contributed by atoms with van der Waals surface area (Å²) >= 11 is 0. The lowest BCUT2D eigenvalue weighted by molar-refractivity contribution is -0.330. The molecule has 276 valence electrons. The van der Waals surface area contributed by atoms with Gasteiger partial charge in [0.25, 0.3) is 0 Å². The van der Waals surface area contributed by atoms with E-state index in [4.69, 9.17) is 28.4 Å². The fourth-order valence-electron chi connectivity index (χ4n) is 5.10. The van der Waals surface area contributed by atoms with Crippen molar-refractivity contribution in [3.8, 4) is 11.5 Å². The molecule has 2 fully saturated rings. The maximum Gasteiger partial charge on any atom is 0.350 e. The highest BCUT2D eigenvalue weighted by molar-refractivity contribution is 5.89. The minimum atomic E-state index is -1.82. The van der Waals surface area contributed by atoms with Gasteiger partial charge in [-0.05, 0) is 55.3 Å². The topological polar surface area (TPSA) is 272 Å². The van der Waals surface area contributed by atoms with Crippen molar-refractivity contribution in [2.24, 2.45) is 0 Å². The number of carbonyl (C=O) groups is 2. The van der Waals surface area contributed by atoms with Crippen LogP contribution in [0.3, 0.4) is 0 Å². The number of carbonyl (C=O) groups excluding carboxylic acids is 2. The molecule has 0 aromatic heterocycles. The number of phenols is 1. The highest BCUT2D eigenvalue weighted by Crippen LogP contribution is 2.30. The molecule has 0 aliphatic carbocycles. The Kier molecular flexibility index (Phi) is 13.3. The number of rotatable bonds is 13. The Morgan fingerprint density at radius 3 is 1.88 bits per heavy atom. The van der Waals surface area contributed by atoms with Gasteiger partial charge in [-0.25, -0.2) is 9.59 Å². The number of hydrogen-bond donors (Lipinski definition) is 9. The molecule has 2 aromatic carbocycles. The summed E-state index contributed by atoms with van der Waals surface area (Å²) in [6.07, 6.45) is -15.1. The summed E-state index contributed by atoms with van der Waals surface area (Å²) in [6.45, 7) is 0.919. The van der Waals surface area contributed by atoms with Crippen molar-refractivity contribution in [1.82, 2.24) is 0 Å². The van der Waals surface area contributed by atoms with E-state index in [-0.39, 0.29) is 18.1 Å². The lowest BCUT2D eigenvalue weighted by Crippen LogP contribution is -2.62. The van der Waals surface area contributed by atoms with E-state index in [1.54, 1.807) is 0 Å². The van der Waals surface area contributed by atoms with Gasteiger partial charge in [0.05, 0.1) is 13.2 Å². The van der Waals surface area contributed by atoms with Crippen molar-refractivity contribution in [1.29, 1.82) is 0 Å². The monoisotopic (exact) mass is 710 g/mol. The zero-order valence-corrected chi connectivity index (χ0v) is 27.0. The molecule has 0 spiro atoms. The van der Waals surface area contributed by atoms with Crippen LogP contribution in [0.4, 0.5) is 0 Å². The SMILES string of the molecule is CC(C)(OC1OC(CO)C(O)C(O)C1O)C(OC(=O)C=Cc1ccc(O)cc1)C(=O)OCc1ccc(OC2OC(CO)C(O)C(O)C2O)cc1. The van der Waals surface area contributed by atoms with Crippen LogP contribution in [0.15, 0.2) is 54.6 Å². The smallest absolute Gasteiger partial charge is 0.350 e. The number of phenolic OH excluding ortho intramolecular Hbond substituents is 1. The minimum absolute atomic E-state index is 0.00981. The Labute approximate surface area is 286 Å². The van der Waals surface area contributed by atoms with Gasteiger partial charge in [0.1, 0.15) is 72.5 Å². The Morgan fingerprint density at radius 2 is 1.32 bits per heavy atom. The molecular weight excluding hydrogens is 668 g/mol. The molecule has 11 atom stereocenters. The third-order valence-electron chi connectivity index (χ3n) is 8.06. The van der Waals surface area contributed by atoms with E-state index in [0.29, 0.717) is 11.1 Å². The molecule has 2 heterocycles. The van der Waals surface area contributed by atoms with Gasteiger partial charge in [-0.2, -0.15) is 0 Å². The van der Waals surface area contributed by atoms with Gasteiger partial charge in [-0.3, -0.25) is 0 Å². The summed E-state index contributed by atoms with van der Waals surface area (Å²) in [4.78, 5) is 26.3. The maximum absolute atomic E-state index is 13.5. The molecule has 0 bridgehead atoms. The normalized spacial score (nSPS) is 30.8. The number of hydrogen-bond acceptors (Lipinski definition) is 17. The van der Waals surface area contributed by atoms with Crippen LogP contribution in [-0.2, 0) is 39.9 Å². The second kappa shape index (κ2) is 17.0. The fourth-order valence-corrected chi connectivity index (χ4v) is 5.10. The molecule has 2 aliphatic heterocycles. The molecule has 0 saturated carbocycles. The second-order valence-corrected chi connectivity index (χ2v) is 12.2. The molecule has 2 aliphatic rings. The summed E-state index contributed by atoms with van der Waals surface area (Å²) in [5, 5.41) is 89.4. The van der Waals surface area contributed by atoms with Crippen LogP contribution in [-0.4, -0.2) is 144 Å². The van der Waals surface area contributed by atoms with Gasteiger partial charge in [-0.15, -0.1) is 0 Å². The molecule has 2 aromatic rings. The Hall–Kier alpha value is -3.72. The van der Waals surface area contributed by atoms with Crippen LogP contribution in [0.5, 0.6) is 11.5 Å². The number of esters is 2. The molecule has 50 heavy (non-hydrogen) atoms. The molecule has 2 saturated heterocycles. The number of ether oxygens (including phenoxy) is 6. The molecule has 9 N–H and O–H groups in total. The number of aliphatic hydroxyl groups is 8. The summed E-state index contributed by atoms with van der Waals surface area (Å²) < 4.78 is 33.0. The number of benzene rings is 2. The van der Waals surface area contributed by atoms with Gasteiger partial charge in [0.15, 0.2) is 6.29 Å². The lowest BCUT2D eigenvalue weighted by atomic mass is 9.97. The summed E-state index contributed by atoms with van der Waals surface area (Å²) in [6, 6.07) is 11.7. The highest BCUT2D eigenvalue weighted by Gasteiger charge is 2.50. The van der Waals surface area contributed by atoms with Crippen LogP contribution < -0.4 is 4.74 Å². The van der Waals surface area contributed by atoms with Crippen molar-refractivity contribution in [2.45, 2.75) is 93.6 Å².